The van der Waals surface area contributed by atoms with Crippen molar-refractivity contribution in [1.82, 2.24) is 0 Å². The number of halogens is 5. The molecule has 0 rings (SSSR count). The van der Waals surface area contributed by atoms with Crippen LogP contribution >= 0.6 is 0 Å². The van der Waals surface area contributed by atoms with Gasteiger partial charge < -0.3 is 4.55 Å². The van der Waals surface area contributed by atoms with Crippen LogP contribution in [-0.4, -0.2) is 26.6 Å². The lowest BCUT2D eigenvalue weighted by Crippen LogP contribution is -2.36. The third-order valence-corrected chi connectivity index (χ3v) is 1.84. The topological polar surface area (TPSA) is 40.1 Å². The van der Waals surface area contributed by atoms with Gasteiger partial charge in [0.2, 0.25) is 0 Å². The predicted molar refractivity (Wildman–Crippen MR) is 34.0 cm³/mol. The molecule has 0 aromatic heterocycles. The first-order valence-electron chi connectivity index (χ1n) is 3.17. The molecule has 0 spiro atoms. The van der Waals surface area contributed by atoms with Crippen molar-refractivity contribution >= 4 is 11.1 Å². The lowest BCUT2D eigenvalue weighted by atomic mass is 10.2. The fourth-order valence-electron chi connectivity index (χ4n) is 0.554. The first-order valence-corrected chi connectivity index (χ1v) is 4.41. The molecule has 0 aliphatic heterocycles. The van der Waals surface area contributed by atoms with Gasteiger partial charge in [-0.05, 0) is 6.42 Å². The second-order valence-corrected chi connectivity index (χ2v) is 3.33. The monoisotopic (exact) mass is 225 g/mol. The van der Waals surface area contributed by atoms with Gasteiger partial charge in [0.1, 0.15) is 0 Å². The Hall–Kier alpha value is -0.240. The smallest absolute Gasteiger partial charge is 0.453 e. The molecule has 1 atom stereocenters. The van der Waals surface area contributed by atoms with E-state index in [1.54, 1.807) is 0 Å². The Morgan fingerprint density at radius 1 is 1.15 bits per heavy atom. The Bertz CT molecular complexity index is 190. The molecule has 0 aliphatic rings. The second-order valence-electron chi connectivity index (χ2n) is 2.31. The van der Waals surface area contributed by atoms with Crippen LogP contribution in [0.15, 0.2) is 0 Å². The molecule has 0 saturated heterocycles. The van der Waals surface area contributed by atoms with E-state index in [9.17, 15) is 30.7 Å². The van der Waals surface area contributed by atoms with Crippen LogP contribution in [-0.2, 0) is 11.1 Å². The average Bonchev–Trinajstić information content (AvgIpc) is 1.82. The van der Waals surface area contributed by atoms with E-state index in [1.165, 1.54) is 0 Å². The average molecular weight is 225 g/mol. The molecule has 2 nitrogen and oxygen atoms in total. The SMILES string of the molecule is O=S([O-])CCCC(F)(F)C(F)(F)F. The van der Waals surface area contributed by atoms with Gasteiger partial charge in [0.25, 0.3) is 0 Å². The normalized spacial score (nSPS) is 15.8. The third-order valence-electron chi connectivity index (χ3n) is 1.22. The minimum Gasteiger partial charge on any atom is -0.772 e. The second kappa shape index (κ2) is 4.32. The first-order chi connectivity index (χ1) is 5.67. The number of alkyl halides is 5. The molecule has 0 bridgehead atoms. The lowest BCUT2D eigenvalue weighted by Gasteiger charge is -2.19. The molecule has 0 fully saturated rings. The van der Waals surface area contributed by atoms with Gasteiger partial charge in [-0.25, -0.2) is 0 Å². The van der Waals surface area contributed by atoms with Gasteiger partial charge >= 0.3 is 12.1 Å². The zero-order chi connectivity index (χ0) is 10.7. The molecular formula is C5H6F5O2S-. The number of rotatable bonds is 4. The highest BCUT2D eigenvalue weighted by Crippen LogP contribution is 2.38. The highest BCUT2D eigenvalue weighted by atomic mass is 32.2. The van der Waals surface area contributed by atoms with E-state index in [-0.39, 0.29) is 0 Å². The Morgan fingerprint density at radius 3 is 1.92 bits per heavy atom. The van der Waals surface area contributed by atoms with Crippen LogP contribution in [0.25, 0.3) is 0 Å². The van der Waals surface area contributed by atoms with E-state index in [2.05, 4.69) is 0 Å². The maximum Gasteiger partial charge on any atom is 0.453 e. The van der Waals surface area contributed by atoms with Gasteiger partial charge in [0.15, 0.2) is 0 Å². The quantitative estimate of drug-likeness (QED) is 0.541. The molecule has 1 unspecified atom stereocenters. The van der Waals surface area contributed by atoms with E-state index < -0.39 is 41.8 Å². The fraction of sp³-hybridized carbons (Fsp3) is 1.00. The summed E-state index contributed by atoms with van der Waals surface area (Å²) in [6, 6.07) is 0. The zero-order valence-corrected chi connectivity index (χ0v) is 7.05. The van der Waals surface area contributed by atoms with E-state index in [4.69, 9.17) is 0 Å². The molecule has 0 N–H and O–H groups in total. The summed E-state index contributed by atoms with van der Waals surface area (Å²) in [4.78, 5) is 0. The summed E-state index contributed by atoms with van der Waals surface area (Å²) in [5.41, 5.74) is 0. The van der Waals surface area contributed by atoms with Crippen molar-refractivity contribution in [3.05, 3.63) is 0 Å². The summed E-state index contributed by atoms with van der Waals surface area (Å²) in [6.45, 7) is 0. The van der Waals surface area contributed by atoms with Crippen molar-refractivity contribution < 1.29 is 30.7 Å². The van der Waals surface area contributed by atoms with Crippen molar-refractivity contribution in [2.75, 3.05) is 5.75 Å². The van der Waals surface area contributed by atoms with E-state index in [0.29, 0.717) is 0 Å². The molecule has 0 aromatic rings. The molecule has 0 amide bonds. The molecule has 0 aromatic carbocycles. The van der Waals surface area contributed by atoms with Gasteiger partial charge in [-0.1, -0.05) is 11.1 Å². The minimum atomic E-state index is -5.60. The van der Waals surface area contributed by atoms with Crippen LogP contribution in [0.3, 0.4) is 0 Å². The Kier molecular flexibility index (Phi) is 4.24. The molecule has 0 saturated carbocycles. The Labute approximate surface area is 73.4 Å². The molecule has 80 valence electrons. The van der Waals surface area contributed by atoms with E-state index >= 15 is 0 Å². The van der Waals surface area contributed by atoms with Crippen LogP contribution in [0.5, 0.6) is 0 Å². The van der Waals surface area contributed by atoms with Gasteiger partial charge in [-0.3, -0.25) is 4.21 Å². The van der Waals surface area contributed by atoms with Crippen LogP contribution in [0.2, 0.25) is 0 Å². The maximum absolute atomic E-state index is 12.1. The van der Waals surface area contributed by atoms with Crippen LogP contribution < -0.4 is 0 Å². The summed E-state index contributed by atoms with van der Waals surface area (Å²) >= 11 is -2.58. The molecule has 8 heteroatoms. The lowest BCUT2D eigenvalue weighted by molar-refractivity contribution is -0.284. The number of hydrogen-bond donors (Lipinski definition) is 0. The van der Waals surface area contributed by atoms with Crippen LogP contribution in [0, 0.1) is 0 Å². The Balaban J connectivity index is 3.97. The zero-order valence-electron chi connectivity index (χ0n) is 6.24. The van der Waals surface area contributed by atoms with Crippen LogP contribution in [0.1, 0.15) is 12.8 Å². The summed E-state index contributed by atoms with van der Waals surface area (Å²) < 4.78 is 78.1. The minimum absolute atomic E-state index is 0.689. The van der Waals surface area contributed by atoms with Crippen molar-refractivity contribution in [3.63, 3.8) is 0 Å². The van der Waals surface area contributed by atoms with Crippen molar-refractivity contribution in [1.29, 1.82) is 0 Å². The summed E-state index contributed by atoms with van der Waals surface area (Å²) in [5.74, 6) is -5.49. The van der Waals surface area contributed by atoms with Gasteiger partial charge in [-0.15, -0.1) is 0 Å². The summed E-state index contributed by atoms with van der Waals surface area (Å²) in [6.07, 6.45) is -7.80. The highest BCUT2D eigenvalue weighted by molar-refractivity contribution is 7.79. The molecule has 0 heterocycles. The molecule has 13 heavy (non-hydrogen) atoms. The van der Waals surface area contributed by atoms with Crippen molar-refractivity contribution in [3.8, 4) is 0 Å². The summed E-state index contributed by atoms with van der Waals surface area (Å²) in [5, 5.41) is 0. The van der Waals surface area contributed by atoms with E-state index in [0.717, 1.165) is 0 Å². The standard InChI is InChI=1S/C5H7F5O2S/c6-4(7,5(8,9)10)2-1-3-13(11)12/h1-3H2,(H,11,12)/p-1. The maximum atomic E-state index is 12.1. The van der Waals surface area contributed by atoms with Gasteiger partial charge in [0.05, 0.1) is 0 Å². The highest BCUT2D eigenvalue weighted by Gasteiger charge is 2.56. The first kappa shape index (κ1) is 12.8. The van der Waals surface area contributed by atoms with Crippen molar-refractivity contribution in [2.24, 2.45) is 0 Å². The fourth-order valence-corrected chi connectivity index (χ4v) is 0.934. The van der Waals surface area contributed by atoms with Crippen LogP contribution in [0.4, 0.5) is 22.0 Å². The van der Waals surface area contributed by atoms with E-state index in [1.807, 2.05) is 0 Å². The molecular weight excluding hydrogens is 219 g/mol. The number of hydrogen-bond acceptors (Lipinski definition) is 2. The third kappa shape index (κ3) is 4.51. The largest absolute Gasteiger partial charge is 0.772 e. The Morgan fingerprint density at radius 2 is 1.62 bits per heavy atom. The molecule has 0 aliphatic carbocycles. The summed E-state index contributed by atoms with van der Waals surface area (Å²) in [7, 11) is 0. The molecule has 0 radical (unpaired) electrons. The van der Waals surface area contributed by atoms with Gasteiger partial charge in [0, 0.05) is 12.2 Å². The van der Waals surface area contributed by atoms with Crippen molar-refractivity contribution in [2.45, 2.75) is 24.9 Å². The predicted octanol–water partition coefficient (Wildman–Crippen LogP) is 1.84. The van der Waals surface area contributed by atoms with Gasteiger partial charge in [-0.2, -0.15) is 22.0 Å².